The lowest BCUT2D eigenvalue weighted by Gasteiger charge is -2.03. The van der Waals surface area contributed by atoms with Crippen LogP contribution in [0.5, 0.6) is 0 Å². The van der Waals surface area contributed by atoms with Crippen LogP contribution in [-0.4, -0.2) is 17.4 Å². The lowest BCUT2D eigenvalue weighted by molar-refractivity contribution is 0.0954. The molecule has 5 heteroatoms. The van der Waals surface area contributed by atoms with Crippen LogP contribution in [0.1, 0.15) is 15.2 Å². The zero-order chi connectivity index (χ0) is 12.1. The molecule has 0 fully saturated rings. The van der Waals surface area contributed by atoms with E-state index in [1.54, 1.807) is 24.5 Å². The Balaban J connectivity index is 1.81. The molecule has 0 aromatic carbocycles. The van der Waals surface area contributed by atoms with E-state index < -0.39 is 0 Å². The van der Waals surface area contributed by atoms with Crippen LogP contribution in [0.2, 0.25) is 4.34 Å². The highest BCUT2D eigenvalue weighted by Gasteiger charge is 2.04. The summed E-state index contributed by atoms with van der Waals surface area (Å²) in [4.78, 5) is 16.7. The number of hydrogen-bond acceptors (Lipinski definition) is 3. The van der Waals surface area contributed by atoms with Gasteiger partial charge in [0.25, 0.3) is 5.91 Å². The molecule has 3 nitrogen and oxygen atoms in total. The average molecular weight is 267 g/mol. The van der Waals surface area contributed by atoms with E-state index in [0.717, 1.165) is 10.8 Å². The summed E-state index contributed by atoms with van der Waals surface area (Å²) in [6, 6.07) is 7.33. The van der Waals surface area contributed by atoms with E-state index in [2.05, 4.69) is 10.3 Å². The van der Waals surface area contributed by atoms with Crippen molar-refractivity contribution in [2.24, 2.45) is 0 Å². The Kier molecular flexibility index (Phi) is 4.12. The molecule has 0 spiro atoms. The van der Waals surface area contributed by atoms with Gasteiger partial charge in [-0.25, -0.2) is 0 Å². The average Bonchev–Trinajstić information content (AvgIpc) is 2.76. The van der Waals surface area contributed by atoms with Crippen molar-refractivity contribution < 1.29 is 4.79 Å². The fourth-order valence-electron chi connectivity index (χ4n) is 1.38. The summed E-state index contributed by atoms with van der Waals surface area (Å²) in [6.07, 6.45) is 3.99. The smallest absolute Gasteiger partial charge is 0.252 e. The van der Waals surface area contributed by atoms with Crippen molar-refractivity contribution in [3.8, 4) is 0 Å². The molecule has 0 atom stereocenters. The molecule has 0 unspecified atom stereocenters. The highest BCUT2D eigenvalue weighted by molar-refractivity contribution is 7.16. The number of thiophene rings is 1. The van der Waals surface area contributed by atoms with Gasteiger partial charge in [0.15, 0.2) is 0 Å². The topological polar surface area (TPSA) is 42.0 Å². The number of carbonyl (C=O) groups is 1. The monoisotopic (exact) mass is 266 g/mol. The number of nitrogens with zero attached hydrogens (tertiary/aromatic N) is 1. The zero-order valence-electron chi connectivity index (χ0n) is 9.02. The van der Waals surface area contributed by atoms with Crippen molar-refractivity contribution in [2.45, 2.75) is 6.42 Å². The third kappa shape index (κ3) is 3.54. The van der Waals surface area contributed by atoms with Gasteiger partial charge in [-0.2, -0.15) is 0 Å². The first-order chi connectivity index (χ1) is 8.25. The maximum absolute atomic E-state index is 11.7. The molecule has 2 rings (SSSR count). The lowest BCUT2D eigenvalue weighted by Crippen LogP contribution is -2.25. The van der Waals surface area contributed by atoms with E-state index in [-0.39, 0.29) is 5.91 Å². The number of pyridine rings is 1. The van der Waals surface area contributed by atoms with Crippen molar-refractivity contribution in [3.63, 3.8) is 0 Å². The summed E-state index contributed by atoms with van der Waals surface area (Å²) < 4.78 is 0.776. The van der Waals surface area contributed by atoms with Crippen molar-refractivity contribution >= 4 is 28.8 Å². The Bertz CT molecular complexity index is 498. The highest BCUT2D eigenvalue weighted by Crippen LogP contribution is 2.21. The second kappa shape index (κ2) is 5.80. The van der Waals surface area contributed by atoms with Gasteiger partial charge in [0, 0.05) is 23.8 Å². The Labute approximate surface area is 108 Å². The van der Waals surface area contributed by atoms with Gasteiger partial charge in [-0.05, 0) is 30.7 Å². The molecule has 88 valence electrons. The minimum Gasteiger partial charge on any atom is -0.352 e. The van der Waals surface area contributed by atoms with Gasteiger partial charge in [0.05, 0.1) is 9.90 Å². The van der Waals surface area contributed by atoms with Gasteiger partial charge < -0.3 is 5.32 Å². The summed E-state index contributed by atoms with van der Waals surface area (Å²) in [5.41, 5.74) is 0.580. The molecule has 2 aromatic heterocycles. The minimum absolute atomic E-state index is 0.0965. The molecule has 1 N–H and O–H groups in total. The summed E-state index contributed by atoms with van der Waals surface area (Å²) >= 11 is 7.36. The first-order valence-electron chi connectivity index (χ1n) is 5.18. The quantitative estimate of drug-likeness (QED) is 0.925. The van der Waals surface area contributed by atoms with Crippen LogP contribution in [-0.2, 0) is 6.42 Å². The molecule has 0 radical (unpaired) electrons. The molecular weight excluding hydrogens is 256 g/mol. The second-order valence-corrected chi connectivity index (χ2v) is 5.25. The fraction of sp³-hybridized carbons (Fsp3) is 0.167. The fourth-order valence-corrected chi connectivity index (χ4v) is 2.47. The number of nitrogens with one attached hydrogen (secondary N) is 1. The third-order valence-corrected chi connectivity index (χ3v) is 3.50. The van der Waals surface area contributed by atoms with Gasteiger partial charge in [-0.1, -0.05) is 11.6 Å². The normalized spacial score (nSPS) is 10.2. The van der Waals surface area contributed by atoms with Crippen LogP contribution < -0.4 is 5.32 Å². The van der Waals surface area contributed by atoms with Crippen LogP contribution in [0.25, 0.3) is 0 Å². The molecule has 0 aliphatic carbocycles. The molecule has 0 saturated heterocycles. The molecular formula is C12H11ClN2OS. The van der Waals surface area contributed by atoms with E-state index in [4.69, 9.17) is 11.6 Å². The van der Waals surface area contributed by atoms with Crippen molar-refractivity contribution in [1.82, 2.24) is 10.3 Å². The van der Waals surface area contributed by atoms with Gasteiger partial charge in [0.1, 0.15) is 0 Å². The Morgan fingerprint density at radius 3 is 2.94 bits per heavy atom. The van der Waals surface area contributed by atoms with Crippen LogP contribution in [0.15, 0.2) is 36.7 Å². The molecule has 1 amide bonds. The summed E-state index contributed by atoms with van der Waals surface area (Å²) in [7, 11) is 0. The SMILES string of the molecule is O=C(NCCc1ccc(Cl)s1)c1cccnc1. The van der Waals surface area contributed by atoms with E-state index >= 15 is 0 Å². The standard InChI is InChI=1S/C12H11ClN2OS/c13-11-4-3-10(17-11)5-7-15-12(16)9-2-1-6-14-8-9/h1-4,6,8H,5,7H2,(H,15,16). The molecule has 0 saturated carbocycles. The second-order valence-electron chi connectivity index (χ2n) is 3.45. The Hall–Kier alpha value is -1.39. The summed E-state index contributed by atoms with van der Waals surface area (Å²) in [6.45, 7) is 0.602. The van der Waals surface area contributed by atoms with Crippen molar-refractivity contribution in [2.75, 3.05) is 6.54 Å². The van der Waals surface area contributed by atoms with Crippen LogP contribution >= 0.6 is 22.9 Å². The molecule has 2 aromatic rings. The molecule has 0 aliphatic heterocycles. The lowest BCUT2D eigenvalue weighted by atomic mass is 10.2. The predicted octanol–water partition coefficient (Wildman–Crippen LogP) is 2.77. The van der Waals surface area contributed by atoms with Gasteiger partial charge >= 0.3 is 0 Å². The molecule has 0 bridgehead atoms. The summed E-state index contributed by atoms with van der Waals surface area (Å²) in [5, 5.41) is 2.84. The van der Waals surface area contributed by atoms with Gasteiger partial charge in [0.2, 0.25) is 0 Å². The minimum atomic E-state index is -0.0965. The Morgan fingerprint density at radius 2 is 2.29 bits per heavy atom. The van der Waals surface area contributed by atoms with Gasteiger partial charge in [-0.15, -0.1) is 11.3 Å². The largest absolute Gasteiger partial charge is 0.352 e. The predicted molar refractivity (Wildman–Crippen MR) is 69.6 cm³/mol. The highest BCUT2D eigenvalue weighted by atomic mass is 35.5. The maximum Gasteiger partial charge on any atom is 0.252 e. The van der Waals surface area contributed by atoms with Gasteiger partial charge in [-0.3, -0.25) is 9.78 Å². The zero-order valence-corrected chi connectivity index (χ0v) is 10.6. The Morgan fingerprint density at radius 1 is 1.41 bits per heavy atom. The molecule has 0 aliphatic rings. The number of carbonyl (C=O) groups excluding carboxylic acids is 1. The van der Waals surface area contributed by atoms with Crippen LogP contribution in [0, 0.1) is 0 Å². The van der Waals surface area contributed by atoms with E-state index in [9.17, 15) is 4.79 Å². The first-order valence-corrected chi connectivity index (χ1v) is 6.37. The molecule has 17 heavy (non-hydrogen) atoms. The van der Waals surface area contributed by atoms with Crippen LogP contribution in [0.3, 0.4) is 0 Å². The molecule has 2 heterocycles. The number of rotatable bonds is 4. The van der Waals surface area contributed by atoms with E-state index in [0.29, 0.717) is 12.1 Å². The maximum atomic E-state index is 11.7. The summed E-state index contributed by atoms with van der Waals surface area (Å²) in [5.74, 6) is -0.0965. The first kappa shape index (κ1) is 12.1. The third-order valence-electron chi connectivity index (χ3n) is 2.21. The van der Waals surface area contributed by atoms with Crippen LogP contribution in [0.4, 0.5) is 0 Å². The number of halogens is 1. The van der Waals surface area contributed by atoms with Crippen molar-refractivity contribution in [1.29, 1.82) is 0 Å². The van der Waals surface area contributed by atoms with E-state index in [1.807, 2.05) is 12.1 Å². The van der Waals surface area contributed by atoms with Crippen molar-refractivity contribution in [3.05, 3.63) is 51.4 Å². The van der Waals surface area contributed by atoms with E-state index in [1.165, 1.54) is 16.2 Å². The number of amides is 1. The number of aromatic nitrogens is 1. The number of hydrogen-bond donors (Lipinski definition) is 1.